The van der Waals surface area contributed by atoms with Gasteiger partial charge in [0.15, 0.2) is 0 Å². The third kappa shape index (κ3) is 6.71. The number of nitrogens with one attached hydrogen (secondary N) is 3. The number of phenols is 1. The van der Waals surface area contributed by atoms with Crippen molar-refractivity contribution in [2.45, 2.75) is 57.4 Å². The lowest BCUT2D eigenvalue weighted by Gasteiger charge is -2.29. The number of alkyl carbamates (subject to hydrolysis) is 1. The highest BCUT2D eigenvalue weighted by molar-refractivity contribution is 5.92. The van der Waals surface area contributed by atoms with Crippen molar-refractivity contribution in [3.8, 4) is 5.75 Å². The monoisotopic (exact) mass is 485 g/mol. The first-order chi connectivity index (χ1) is 16.5. The standard InChI is InChI=1S/C25H31N3O7/c1-25(2,3)35-24(33)27-21(23(32)28-34)18(12-14-7-6-9-16(29)11-14)22(31)26-20-17-10-5-4-8-15(17)13-19(20)30/h4-11,18-21,29-30,34H,12-13H2,1-3H3,(H,26,31)(H,27,33)(H,28,32)/t18-,19-,20+,21+/m1/s1. The summed E-state index contributed by atoms with van der Waals surface area (Å²) in [6.07, 6.45) is -1.54. The van der Waals surface area contributed by atoms with Crippen LogP contribution in [0.15, 0.2) is 48.5 Å². The van der Waals surface area contributed by atoms with E-state index in [1.54, 1.807) is 45.0 Å². The number of fused-ring (bicyclic) bond motifs is 1. The molecule has 0 spiro atoms. The van der Waals surface area contributed by atoms with Gasteiger partial charge in [-0.1, -0.05) is 36.4 Å². The van der Waals surface area contributed by atoms with Crippen molar-refractivity contribution in [1.29, 1.82) is 0 Å². The largest absolute Gasteiger partial charge is 0.508 e. The number of hydrogen-bond acceptors (Lipinski definition) is 7. The highest BCUT2D eigenvalue weighted by atomic mass is 16.6. The number of carbonyl (C=O) groups excluding carboxylic acids is 3. The number of amides is 3. The second kappa shape index (κ2) is 10.7. The molecule has 2 aromatic carbocycles. The Labute approximate surface area is 203 Å². The Hall–Kier alpha value is -3.63. The van der Waals surface area contributed by atoms with E-state index in [1.807, 2.05) is 12.1 Å². The Bertz CT molecular complexity index is 1080. The molecular formula is C25H31N3O7. The molecule has 0 bridgehead atoms. The molecule has 2 aromatic rings. The summed E-state index contributed by atoms with van der Waals surface area (Å²) in [7, 11) is 0. The van der Waals surface area contributed by atoms with Crippen molar-refractivity contribution in [2.75, 3.05) is 0 Å². The third-order valence-corrected chi connectivity index (χ3v) is 5.67. The van der Waals surface area contributed by atoms with Gasteiger partial charge in [-0.2, -0.15) is 0 Å². The first-order valence-corrected chi connectivity index (χ1v) is 11.3. The quantitative estimate of drug-likeness (QED) is 0.257. The summed E-state index contributed by atoms with van der Waals surface area (Å²) in [5, 5.41) is 35.0. The summed E-state index contributed by atoms with van der Waals surface area (Å²) in [6.45, 7) is 4.93. The third-order valence-electron chi connectivity index (χ3n) is 5.67. The lowest BCUT2D eigenvalue weighted by Crippen LogP contribution is -2.56. The highest BCUT2D eigenvalue weighted by Crippen LogP contribution is 2.32. The van der Waals surface area contributed by atoms with Crippen molar-refractivity contribution in [3.63, 3.8) is 0 Å². The van der Waals surface area contributed by atoms with Crippen LogP contribution in [0.2, 0.25) is 0 Å². The van der Waals surface area contributed by atoms with Crippen molar-refractivity contribution < 1.29 is 34.5 Å². The van der Waals surface area contributed by atoms with E-state index in [4.69, 9.17) is 4.74 Å². The zero-order valence-corrected chi connectivity index (χ0v) is 19.8. The minimum atomic E-state index is -1.52. The average molecular weight is 486 g/mol. The van der Waals surface area contributed by atoms with Gasteiger partial charge >= 0.3 is 6.09 Å². The van der Waals surface area contributed by atoms with Gasteiger partial charge in [-0.15, -0.1) is 0 Å². The first kappa shape index (κ1) is 26.0. The molecule has 4 atom stereocenters. The van der Waals surface area contributed by atoms with E-state index in [2.05, 4.69) is 10.6 Å². The van der Waals surface area contributed by atoms with Crippen LogP contribution < -0.4 is 16.1 Å². The summed E-state index contributed by atoms with van der Waals surface area (Å²) in [5.41, 5.74) is 2.79. The maximum atomic E-state index is 13.5. The number of carbonyl (C=O) groups is 3. The van der Waals surface area contributed by atoms with Crippen LogP contribution in [0.3, 0.4) is 0 Å². The molecule has 10 nitrogen and oxygen atoms in total. The molecule has 10 heteroatoms. The van der Waals surface area contributed by atoms with Crippen molar-refractivity contribution >= 4 is 17.9 Å². The Kier molecular flexibility index (Phi) is 7.98. The fourth-order valence-corrected chi connectivity index (χ4v) is 4.16. The number of aliphatic hydroxyl groups excluding tert-OH is 1. The van der Waals surface area contributed by atoms with Gasteiger partial charge in [-0.05, 0) is 56.0 Å². The van der Waals surface area contributed by atoms with Crippen molar-refractivity contribution in [3.05, 3.63) is 65.2 Å². The number of hydroxylamine groups is 1. The van der Waals surface area contributed by atoms with Crippen LogP contribution >= 0.6 is 0 Å². The van der Waals surface area contributed by atoms with Crippen molar-refractivity contribution in [1.82, 2.24) is 16.1 Å². The number of aliphatic hydroxyl groups is 1. The molecule has 0 fully saturated rings. The molecule has 0 aliphatic heterocycles. The van der Waals surface area contributed by atoms with Gasteiger partial charge in [0.25, 0.3) is 5.91 Å². The number of rotatable bonds is 7. The van der Waals surface area contributed by atoms with Crippen LogP contribution in [-0.4, -0.2) is 51.1 Å². The van der Waals surface area contributed by atoms with E-state index in [9.17, 15) is 29.8 Å². The molecule has 3 amide bonds. The fraction of sp³-hybridized carbons (Fsp3) is 0.400. The van der Waals surface area contributed by atoms with Gasteiger partial charge in [-0.3, -0.25) is 14.8 Å². The second-order valence-corrected chi connectivity index (χ2v) is 9.54. The van der Waals surface area contributed by atoms with Gasteiger partial charge in [0.1, 0.15) is 17.4 Å². The van der Waals surface area contributed by atoms with Crippen LogP contribution in [0, 0.1) is 5.92 Å². The van der Waals surface area contributed by atoms with Crippen LogP contribution in [0.1, 0.15) is 43.5 Å². The van der Waals surface area contributed by atoms with Gasteiger partial charge < -0.3 is 25.6 Å². The lowest BCUT2D eigenvalue weighted by atomic mass is 9.90. The normalized spacial score (nSPS) is 18.7. The minimum absolute atomic E-state index is 0.0370. The summed E-state index contributed by atoms with van der Waals surface area (Å²) < 4.78 is 5.24. The number of ether oxygens (including phenoxy) is 1. The Balaban J connectivity index is 1.92. The number of hydrogen-bond donors (Lipinski definition) is 6. The molecule has 1 aliphatic rings. The average Bonchev–Trinajstić information content (AvgIpc) is 3.09. The SMILES string of the molecule is CC(C)(C)OC(=O)N[C@H](C(=O)NO)[C@@H](Cc1cccc(O)c1)C(=O)N[C@H]1c2ccccc2C[C@H]1O. The molecule has 188 valence electrons. The summed E-state index contributed by atoms with van der Waals surface area (Å²) >= 11 is 0. The molecule has 1 aliphatic carbocycles. The minimum Gasteiger partial charge on any atom is -0.508 e. The number of benzene rings is 2. The number of phenolic OH excluding ortho intramolecular Hbond substituents is 1. The molecule has 0 radical (unpaired) electrons. The van der Waals surface area contributed by atoms with E-state index < -0.39 is 47.6 Å². The lowest BCUT2D eigenvalue weighted by molar-refractivity contribution is -0.138. The van der Waals surface area contributed by atoms with Gasteiger partial charge in [0.05, 0.1) is 18.1 Å². The summed E-state index contributed by atoms with van der Waals surface area (Å²) in [4.78, 5) is 38.6. The van der Waals surface area contributed by atoms with E-state index in [-0.39, 0.29) is 12.2 Å². The van der Waals surface area contributed by atoms with Gasteiger partial charge in [0, 0.05) is 6.42 Å². The first-order valence-electron chi connectivity index (χ1n) is 11.3. The Morgan fingerprint density at radius 1 is 1.09 bits per heavy atom. The van der Waals surface area contributed by atoms with Crippen molar-refractivity contribution in [2.24, 2.45) is 5.92 Å². The topological polar surface area (TPSA) is 157 Å². The molecule has 3 rings (SSSR count). The Morgan fingerprint density at radius 3 is 2.46 bits per heavy atom. The smallest absolute Gasteiger partial charge is 0.408 e. The highest BCUT2D eigenvalue weighted by Gasteiger charge is 2.39. The maximum Gasteiger partial charge on any atom is 0.408 e. The predicted molar refractivity (Wildman–Crippen MR) is 125 cm³/mol. The molecule has 0 heterocycles. The van der Waals surface area contributed by atoms with Gasteiger partial charge in [-0.25, -0.2) is 10.3 Å². The number of aromatic hydroxyl groups is 1. The fourth-order valence-electron chi connectivity index (χ4n) is 4.16. The molecule has 35 heavy (non-hydrogen) atoms. The van der Waals surface area contributed by atoms with E-state index in [1.165, 1.54) is 17.6 Å². The Morgan fingerprint density at radius 2 is 1.80 bits per heavy atom. The molecular weight excluding hydrogens is 454 g/mol. The van der Waals surface area contributed by atoms with Crippen LogP contribution in [0.4, 0.5) is 4.79 Å². The van der Waals surface area contributed by atoms with E-state index >= 15 is 0 Å². The molecule has 0 aromatic heterocycles. The van der Waals surface area contributed by atoms with Crippen LogP contribution in [-0.2, 0) is 27.2 Å². The second-order valence-electron chi connectivity index (χ2n) is 9.54. The summed E-state index contributed by atoms with van der Waals surface area (Å²) in [5.74, 6) is -2.93. The molecule has 0 saturated carbocycles. The van der Waals surface area contributed by atoms with E-state index in [0.29, 0.717) is 12.0 Å². The van der Waals surface area contributed by atoms with Gasteiger partial charge in [0.2, 0.25) is 5.91 Å². The van der Waals surface area contributed by atoms with E-state index in [0.717, 1.165) is 11.1 Å². The summed E-state index contributed by atoms with van der Waals surface area (Å²) in [6, 6.07) is 11.2. The molecule has 0 unspecified atom stereocenters. The zero-order chi connectivity index (χ0) is 25.8. The van der Waals surface area contributed by atoms with Crippen LogP contribution in [0.5, 0.6) is 5.75 Å². The maximum absolute atomic E-state index is 13.5. The zero-order valence-electron chi connectivity index (χ0n) is 19.8. The van der Waals surface area contributed by atoms with Crippen LogP contribution in [0.25, 0.3) is 0 Å². The molecule has 6 N–H and O–H groups in total. The molecule has 0 saturated heterocycles. The predicted octanol–water partition coefficient (Wildman–Crippen LogP) is 1.72.